The van der Waals surface area contributed by atoms with E-state index in [0.29, 0.717) is 6.42 Å². The van der Waals surface area contributed by atoms with E-state index in [1.165, 1.54) is 0 Å². The van der Waals surface area contributed by atoms with Gasteiger partial charge < -0.3 is 5.11 Å². The molecule has 0 radical (unpaired) electrons. The Kier molecular flexibility index (Phi) is 2.09. The maximum absolute atomic E-state index is 8.43. The number of aromatic nitrogens is 3. The van der Waals surface area contributed by atoms with E-state index in [2.05, 4.69) is 15.4 Å². The zero-order chi connectivity index (χ0) is 6.53. The molecule has 1 rings (SSSR count). The fraction of sp³-hybridized carbons (Fsp3) is 0.400. The predicted octanol–water partition coefficient (Wildman–Crippen LogP) is -0.594. The van der Waals surface area contributed by atoms with E-state index in [4.69, 9.17) is 5.11 Å². The van der Waals surface area contributed by atoms with Crippen molar-refractivity contribution in [1.29, 1.82) is 0 Å². The summed E-state index contributed by atoms with van der Waals surface area (Å²) in [7, 11) is 0. The van der Waals surface area contributed by atoms with Gasteiger partial charge in [-0.1, -0.05) is 0 Å². The molecule has 48 valence electrons. The molecule has 0 amide bonds. The van der Waals surface area contributed by atoms with Crippen LogP contribution in [0.2, 0.25) is 0 Å². The van der Waals surface area contributed by atoms with Crippen molar-refractivity contribution in [3.05, 3.63) is 18.0 Å². The predicted molar refractivity (Wildman–Crippen MR) is 30.6 cm³/mol. The van der Waals surface area contributed by atoms with Crippen molar-refractivity contribution in [1.82, 2.24) is 15.4 Å². The van der Waals surface area contributed by atoms with Gasteiger partial charge in [0.05, 0.1) is 11.9 Å². The van der Waals surface area contributed by atoms with E-state index in [1.54, 1.807) is 12.3 Å². The molecular weight excluding hydrogens is 118 g/mol. The minimum atomic E-state index is 0.110. The Hall–Kier alpha value is -1.03. The molecule has 4 nitrogen and oxygen atoms in total. The number of aliphatic hydroxyl groups is 1. The first-order chi connectivity index (χ1) is 4.43. The van der Waals surface area contributed by atoms with Gasteiger partial charge in [0, 0.05) is 13.0 Å². The third-order valence-corrected chi connectivity index (χ3v) is 0.926. The minimum Gasteiger partial charge on any atom is -0.396 e. The fourth-order valence-corrected chi connectivity index (χ4v) is 0.514. The SMILES string of the molecule is OCCc1ccnnn1. The second-order valence-corrected chi connectivity index (χ2v) is 1.59. The van der Waals surface area contributed by atoms with Gasteiger partial charge in [-0.2, -0.15) is 0 Å². The van der Waals surface area contributed by atoms with Gasteiger partial charge in [0.25, 0.3) is 0 Å². The molecule has 0 bridgehead atoms. The van der Waals surface area contributed by atoms with Gasteiger partial charge in [0.1, 0.15) is 0 Å². The van der Waals surface area contributed by atoms with Gasteiger partial charge in [-0.3, -0.25) is 0 Å². The summed E-state index contributed by atoms with van der Waals surface area (Å²) in [6.45, 7) is 0.110. The molecule has 0 aliphatic rings. The van der Waals surface area contributed by atoms with Crippen molar-refractivity contribution in [2.24, 2.45) is 0 Å². The number of nitrogens with zero attached hydrogens (tertiary/aromatic N) is 3. The quantitative estimate of drug-likeness (QED) is 0.573. The number of hydrogen-bond acceptors (Lipinski definition) is 4. The molecule has 0 aliphatic carbocycles. The van der Waals surface area contributed by atoms with Crippen LogP contribution in [0.4, 0.5) is 0 Å². The summed E-state index contributed by atoms with van der Waals surface area (Å²) < 4.78 is 0. The molecule has 1 N–H and O–H groups in total. The van der Waals surface area contributed by atoms with Gasteiger partial charge in [0.15, 0.2) is 0 Å². The van der Waals surface area contributed by atoms with E-state index in [9.17, 15) is 0 Å². The van der Waals surface area contributed by atoms with E-state index in [0.717, 1.165) is 5.69 Å². The highest BCUT2D eigenvalue weighted by molar-refractivity contribution is 4.94. The molecular formula is C5H7N3O. The van der Waals surface area contributed by atoms with E-state index in [-0.39, 0.29) is 6.61 Å². The Morgan fingerprint density at radius 3 is 3.00 bits per heavy atom. The molecule has 1 aromatic heterocycles. The molecule has 0 saturated carbocycles. The summed E-state index contributed by atoms with van der Waals surface area (Å²) >= 11 is 0. The van der Waals surface area contributed by atoms with Crippen LogP contribution in [-0.2, 0) is 6.42 Å². The van der Waals surface area contributed by atoms with Gasteiger partial charge in [0.2, 0.25) is 0 Å². The van der Waals surface area contributed by atoms with Crippen molar-refractivity contribution in [2.75, 3.05) is 6.61 Å². The Bertz CT molecular complexity index is 165. The highest BCUT2D eigenvalue weighted by Gasteiger charge is 1.89. The van der Waals surface area contributed by atoms with Gasteiger partial charge in [-0.05, 0) is 11.3 Å². The summed E-state index contributed by atoms with van der Waals surface area (Å²) in [6.07, 6.45) is 2.10. The lowest BCUT2D eigenvalue weighted by molar-refractivity contribution is 0.297. The monoisotopic (exact) mass is 125 g/mol. The molecule has 9 heavy (non-hydrogen) atoms. The third-order valence-electron chi connectivity index (χ3n) is 0.926. The Morgan fingerprint density at radius 2 is 2.44 bits per heavy atom. The molecule has 0 saturated heterocycles. The normalized spacial score (nSPS) is 9.44. The fourth-order valence-electron chi connectivity index (χ4n) is 0.514. The van der Waals surface area contributed by atoms with Gasteiger partial charge in [-0.15, -0.1) is 10.2 Å². The first-order valence-corrected chi connectivity index (χ1v) is 2.67. The first kappa shape index (κ1) is 6.10. The number of rotatable bonds is 2. The van der Waals surface area contributed by atoms with E-state index < -0.39 is 0 Å². The standard InChI is InChI=1S/C5H7N3O/c9-4-2-5-1-3-6-8-7-5/h1,3,9H,2,4H2. The number of aliphatic hydroxyl groups excluding tert-OH is 1. The topological polar surface area (TPSA) is 58.9 Å². The summed E-state index contributed by atoms with van der Waals surface area (Å²) in [4.78, 5) is 0. The Balaban J connectivity index is 2.61. The average molecular weight is 125 g/mol. The molecule has 0 aliphatic heterocycles. The largest absolute Gasteiger partial charge is 0.396 e. The summed E-state index contributed by atoms with van der Waals surface area (Å²) in [6, 6.07) is 1.73. The van der Waals surface area contributed by atoms with Crippen LogP contribution in [0.5, 0.6) is 0 Å². The highest BCUT2D eigenvalue weighted by atomic mass is 16.3. The van der Waals surface area contributed by atoms with Crippen LogP contribution in [0, 0.1) is 0 Å². The summed E-state index contributed by atoms with van der Waals surface area (Å²) in [5, 5.41) is 19.0. The van der Waals surface area contributed by atoms with Crippen molar-refractivity contribution >= 4 is 0 Å². The third kappa shape index (κ3) is 1.73. The van der Waals surface area contributed by atoms with E-state index in [1.807, 2.05) is 0 Å². The van der Waals surface area contributed by atoms with Crippen LogP contribution in [0.3, 0.4) is 0 Å². The lowest BCUT2D eigenvalue weighted by Crippen LogP contribution is -1.96. The Morgan fingerprint density at radius 1 is 1.56 bits per heavy atom. The lowest BCUT2D eigenvalue weighted by atomic mass is 10.3. The van der Waals surface area contributed by atoms with Crippen LogP contribution < -0.4 is 0 Å². The molecule has 0 aromatic carbocycles. The minimum absolute atomic E-state index is 0.110. The summed E-state index contributed by atoms with van der Waals surface area (Å²) in [5.74, 6) is 0. The van der Waals surface area contributed by atoms with Gasteiger partial charge in [-0.25, -0.2) is 0 Å². The maximum atomic E-state index is 8.43. The maximum Gasteiger partial charge on any atom is 0.0687 e. The number of hydrogen-bond donors (Lipinski definition) is 1. The highest BCUT2D eigenvalue weighted by Crippen LogP contribution is 1.87. The molecule has 0 fully saturated rings. The van der Waals surface area contributed by atoms with Crippen LogP contribution in [0.1, 0.15) is 5.69 Å². The van der Waals surface area contributed by atoms with Crippen LogP contribution in [0.25, 0.3) is 0 Å². The zero-order valence-electron chi connectivity index (χ0n) is 4.86. The van der Waals surface area contributed by atoms with E-state index >= 15 is 0 Å². The lowest BCUT2D eigenvalue weighted by Gasteiger charge is -1.90. The van der Waals surface area contributed by atoms with Crippen LogP contribution in [-0.4, -0.2) is 27.1 Å². The van der Waals surface area contributed by atoms with Crippen LogP contribution in [0.15, 0.2) is 12.3 Å². The van der Waals surface area contributed by atoms with Gasteiger partial charge >= 0.3 is 0 Å². The molecule has 4 heteroatoms. The first-order valence-electron chi connectivity index (χ1n) is 2.67. The van der Waals surface area contributed by atoms with Crippen molar-refractivity contribution in [2.45, 2.75) is 6.42 Å². The Labute approximate surface area is 52.6 Å². The van der Waals surface area contributed by atoms with Crippen molar-refractivity contribution in [3.8, 4) is 0 Å². The summed E-state index contributed by atoms with van der Waals surface area (Å²) in [5.41, 5.74) is 0.771. The second-order valence-electron chi connectivity index (χ2n) is 1.59. The van der Waals surface area contributed by atoms with Crippen LogP contribution >= 0.6 is 0 Å². The molecule has 0 unspecified atom stereocenters. The molecule has 1 heterocycles. The molecule has 1 aromatic rings. The smallest absolute Gasteiger partial charge is 0.0687 e. The van der Waals surface area contributed by atoms with Crippen molar-refractivity contribution in [3.63, 3.8) is 0 Å². The molecule has 0 atom stereocenters. The average Bonchev–Trinajstić information content (AvgIpc) is 1.91. The zero-order valence-corrected chi connectivity index (χ0v) is 4.86. The second kappa shape index (κ2) is 3.09. The molecule has 0 spiro atoms. The van der Waals surface area contributed by atoms with Crippen molar-refractivity contribution < 1.29 is 5.11 Å².